The molecule has 0 bridgehead atoms. The van der Waals surface area contributed by atoms with Crippen LogP contribution in [0.15, 0.2) is 10.1 Å². The summed E-state index contributed by atoms with van der Waals surface area (Å²) in [7, 11) is 1.47. The van der Waals surface area contributed by atoms with Gasteiger partial charge in [0.1, 0.15) is 5.69 Å². The number of methoxy groups -OCH3 is 1. The molecular weight excluding hydrogens is 196 g/mol. The molecule has 0 aromatic carbocycles. The molecule has 7 heteroatoms. The average molecular weight is 206 g/mol. The molecule has 0 unspecified atom stereocenters. The van der Waals surface area contributed by atoms with Crippen molar-refractivity contribution in [2.24, 2.45) is 10.1 Å². The number of aryl methyl sites for hydroxylation is 1. The van der Waals surface area contributed by atoms with Crippen LogP contribution >= 0.6 is 0 Å². The summed E-state index contributed by atoms with van der Waals surface area (Å²) in [5.41, 5.74) is 9.39. The Morgan fingerprint density at radius 1 is 1.47 bits per heavy atom. The van der Waals surface area contributed by atoms with E-state index in [2.05, 4.69) is 25.0 Å². The molecule has 0 atom stereocenters. The maximum atomic E-state index is 8.25. The first-order valence-electron chi connectivity index (χ1n) is 4.19. The van der Waals surface area contributed by atoms with Gasteiger partial charge in [-0.1, -0.05) is 0 Å². The Kier molecular flexibility index (Phi) is 3.59. The first-order chi connectivity index (χ1) is 7.22. The van der Waals surface area contributed by atoms with Crippen molar-refractivity contribution in [2.45, 2.75) is 13.8 Å². The lowest BCUT2D eigenvalue weighted by atomic mass is 10.3. The molecule has 0 radical (unpaired) electrons. The van der Waals surface area contributed by atoms with Gasteiger partial charge in [0.15, 0.2) is 0 Å². The minimum atomic E-state index is 0.0295. The van der Waals surface area contributed by atoms with Crippen LogP contribution in [0.5, 0.6) is 5.88 Å². The van der Waals surface area contributed by atoms with Gasteiger partial charge in [0.05, 0.1) is 12.8 Å². The Bertz CT molecular complexity index is 435. The van der Waals surface area contributed by atoms with Crippen molar-refractivity contribution in [1.82, 2.24) is 9.97 Å². The van der Waals surface area contributed by atoms with Crippen LogP contribution < -0.4 is 4.74 Å². The predicted octanol–water partition coefficient (Wildman–Crippen LogP) is 2.46. The summed E-state index contributed by atoms with van der Waals surface area (Å²) in [5.74, 6) is 0.324. The van der Waals surface area contributed by atoms with Gasteiger partial charge >= 0.3 is 0 Å². The molecule has 0 saturated heterocycles. The Morgan fingerprint density at radius 3 is 2.73 bits per heavy atom. The van der Waals surface area contributed by atoms with Crippen LogP contribution in [0.4, 0.5) is 11.6 Å². The number of aromatic nitrogens is 2. The smallest absolute Gasteiger partial charge is 0.243 e. The number of rotatable bonds is 3. The number of azide groups is 1. The minimum absolute atomic E-state index is 0.0295. The fraction of sp³-hybridized carbons (Fsp3) is 0.375. The van der Waals surface area contributed by atoms with Gasteiger partial charge in [-0.05, 0) is 24.5 Å². The van der Waals surface area contributed by atoms with Crippen LogP contribution in [0, 0.1) is 6.92 Å². The van der Waals surface area contributed by atoms with E-state index >= 15 is 0 Å². The van der Waals surface area contributed by atoms with Gasteiger partial charge in [-0.25, -0.2) is 4.98 Å². The van der Waals surface area contributed by atoms with Crippen molar-refractivity contribution >= 4 is 17.9 Å². The van der Waals surface area contributed by atoms with E-state index in [4.69, 9.17) is 10.3 Å². The molecule has 1 rings (SSSR count). The van der Waals surface area contributed by atoms with Crippen molar-refractivity contribution in [3.63, 3.8) is 0 Å². The Labute approximate surface area is 86.5 Å². The van der Waals surface area contributed by atoms with Crippen LogP contribution in [0.1, 0.15) is 12.6 Å². The van der Waals surface area contributed by atoms with Crippen molar-refractivity contribution in [1.29, 1.82) is 0 Å². The Balaban J connectivity index is 3.36. The van der Waals surface area contributed by atoms with Crippen molar-refractivity contribution in [2.75, 3.05) is 7.11 Å². The van der Waals surface area contributed by atoms with E-state index in [1.54, 1.807) is 20.1 Å². The molecule has 78 valence electrons. The van der Waals surface area contributed by atoms with Gasteiger partial charge in [-0.3, -0.25) is 4.99 Å². The molecule has 1 heterocycles. The highest BCUT2D eigenvalue weighted by Crippen LogP contribution is 2.29. The topological polar surface area (TPSA) is 96.1 Å². The summed E-state index contributed by atoms with van der Waals surface area (Å²) in [6, 6.07) is 0. The van der Waals surface area contributed by atoms with Gasteiger partial charge in [0, 0.05) is 11.1 Å². The molecule has 0 aliphatic rings. The molecule has 1 aromatic rings. The van der Waals surface area contributed by atoms with E-state index < -0.39 is 0 Å². The molecule has 0 aliphatic carbocycles. The molecule has 0 spiro atoms. The minimum Gasteiger partial charge on any atom is -0.479 e. The van der Waals surface area contributed by atoms with E-state index in [0.29, 0.717) is 17.3 Å². The number of aliphatic imine (C=N–C) groups is 1. The highest BCUT2D eigenvalue weighted by molar-refractivity contribution is 5.65. The van der Waals surface area contributed by atoms with Crippen molar-refractivity contribution in [3.05, 3.63) is 16.1 Å². The zero-order chi connectivity index (χ0) is 11.3. The largest absolute Gasteiger partial charge is 0.479 e. The lowest BCUT2D eigenvalue weighted by molar-refractivity contribution is 0.398. The quantitative estimate of drug-likeness (QED) is 0.329. The third-order valence-corrected chi connectivity index (χ3v) is 1.60. The van der Waals surface area contributed by atoms with Gasteiger partial charge in [-0.2, -0.15) is 4.98 Å². The van der Waals surface area contributed by atoms with Gasteiger partial charge in [-0.15, -0.1) is 0 Å². The number of hydrogen-bond acceptors (Lipinski definition) is 5. The predicted molar refractivity (Wildman–Crippen MR) is 56.0 cm³/mol. The second-order valence-corrected chi connectivity index (χ2v) is 2.54. The van der Waals surface area contributed by atoms with Gasteiger partial charge in [0.2, 0.25) is 11.8 Å². The molecule has 0 fully saturated rings. The molecule has 0 N–H and O–H groups in total. The SMILES string of the molecule is C/C=N\c1c(C)nc(N=[N+]=[N-])nc1OC. The zero-order valence-electron chi connectivity index (χ0n) is 8.67. The van der Waals surface area contributed by atoms with E-state index in [0.717, 1.165) is 0 Å². The third-order valence-electron chi connectivity index (χ3n) is 1.60. The Morgan fingerprint density at radius 2 is 2.20 bits per heavy atom. The van der Waals surface area contributed by atoms with Gasteiger partial charge < -0.3 is 4.74 Å². The molecule has 0 saturated carbocycles. The zero-order valence-corrected chi connectivity index (χ0v) is 8.67. The Hall–Kier alpha value is -2.14. The maximum Gasteiger partial charge on any atom is 0.243 e. The van der Waals surface area contributed by atoms with Crippen molar-refractivity contribution < 1.29 is 4.74 Å². The summed E-state index contributed by atoms with van der Waals surface area (Å²) in [6.07, 6.45) is 1.61. The van der Waals surface area contributed by atoms with Crippen LogP contribution in [0.2, 0.25) is 0 Å². The fourth-order valence-electron chi connectivity index (χ4n) is 1.03. The van der Waals surface area contributed by atoms with Crippen LogP contribution in [0.25, 0.3) is 10.4 Å². The first kappa shape index (κ1) is 10.9. The second-order valence-electron chi connectivity index (χ2n) is 2.54. The van der Waals surface area contributed by atoms with E-state index in [1.807, 2.05) is 0 Å². The third kappa shape index (κ3) is 2.41. The molecule has 0 amide bonds. The molecule has 0 aliphatic heterocycles. The van der Waals surface area contributed by atoms with E-state index in [1.165, 1.54) is 7.11 Å². The number of nitrogens with zero attached hydrogens (tertiary/aromatic N) is 6. The lowest BCUT2D eigenvalue weighted by Crippen LogP contribution is -1.93. The summed E-state index contributed by atoms with van der Waals surface area (Å²) in [6.45, 7) is 3.52. The summed E-state index contributed by atoms with van der Waals surface area (Å²) in [5, 5.41) is 3.30. The van der Waals surface area contributed by atoms with Crippen LogP contribution in [0.3, 0.4) is 0 Å². The summed E-state index contributed by atoms with van der Waals surface area (Å²) >= 11 is 0. The number of ether oxygens (including phenoxy) is 1. The second kappa shape index (κ2) is 4.92. The fourth-order valence-corrected chi connectivity index (χ4v) is 1.03. The summed E-state index contributed by atoms with van der Waals surface area (Å²) < 4.78 is 5.02. The molecule has 15 heavy (non-hydrogen) atoms. The molecule has 1 aromatic heterocycles. The van der Waals surface area contributed by atoms with E-state index in [9.17, 15) is 0 Å². The lowest BCUT2D eigenvalue weighted by Gasteiger charge is -2.05. The van der Waals surface area contributed by atoms with Crippen LogP contribution in [-0.4, -0.2) is 23.3 Å². The average Bonchev–Trinajstić information content (AvgIpc) is 2.22. The van der Waals surface area contributed by atoms with E-state index in [-0.39, 0.29) is 5.95 Å². The monoisotopic (exact) mass is 206 g/mol. The normalized spacial score (nSPS) is 10.1. The molecular formula is C8H10N6O. The maximum absolute atomic E-state index is 8.25. The van der Waals surface area contributed by atoms with Crippen molar-refractivity contribution in [3.8, 4) is 5.88 Å². The van der Waals surface area contributed by atoms with Gasteiger partial charge in [0.25, 0.3) is 0 Å². The highest BCUT2D eigenvalue weighted by atomic mass is 16.5. The summed E-state index contributed by atoms with van der Waals surface area (Å²) in [4.78, 5) is 14.5. The highest BCUT2D eigenvalue weighted by Gasteiger charge is 2.09. The first-order valence-corrected chi connectivity index (χ1v) is 4.19. The standard InChI is InChI=1S/C8H10N6O/c1-4-10-6-5(2)11-8(13-14-9)12-7(6)15-3/h4H,1-3H3/b10-4-. The van der Waals surface area contributed by atoms with Crippen LogP contribution in [-0.2, 0) is 0 Å². The molecule has 7 nitrogen and oxygen atoms in total. The number of hydrogen-bond donors (Lipinski definition) is 0.